The Hall–Kier alpha value is -1.85. The van der Waals surface area contributed by atoms with Gasteiger partial charge < -0.3 is 20.4 Å². The number of methoxy groups -OCH3 is 1. The first kappa shape index (κ1) is 14.1. The van der Waals surface area contributed by atoms with Crippen molar-refractivity contribution in [2.75, 3.05) is 20.2 Å². The van der Waals surface area contributed by atoms with E-state index in [9.17, 15) is 4.79 Å². The number of hydrogen-bond acceptors (Lipinski definition) is 3. The number of amides is 1. The molecule has 2 aromatic rings. The zero-order chi connectivity index (χ0) is 14.8. The molecule has 5 heteroatoms. The second kappa shape index (κ2) is 5.87. The standard InChI is InChI=1S/C16H21N3O2/c1-21-13-6-7-19(12(9-13)10-17)16(20)15-8-11-4-2-3-5-14(11)18-15/h2-5,8,12-13,18H,6-7,9-10,17H2,1H3. The van der Waals surface area contributed by atoms with Crippen LogP contribution in [0.1, 0.15) is 23.3 Å². The van der Waals surface area contributed by atoms with Gasteiger partial charge >= 0.3 is 0 Å². The maximum Gasteiger partial charge on any atom is 0.270 e. The van der Waals surface area contributed by atoms with Crippen molar-refractivity contribution in [3.8, 4) is 0 Å². The number of para-hydroxylation sites is 1. The van der Waals surface area contributed by atoms with Crippen molar-refractivity contribution in [2.45, 2.75) is 25.0 Å². The highest BCUT2D eigenvalue weighted by Crippen LogP contribution is 2.23. The van der Waals surface area contributed by atoms with Crippen LogP contribution in [0, 0.1) is 0 Å². The molecule has 2 unspecified atom stereocenters. The Morgan fingerprint density at radius 2 is 2.29 bits per heavy atom. The predicted molar refractivity (Wildman–Crippen MR) is 82.2 cm³/mol. The summed E-state index contributed by atoms with van der Waals surface area (Å²) in [6.07, 6.45) is 1.86. The molecule has 0 bridgehead atoms. The number of hydrogen-bond donors (Lipinski definition) is 2. The smallest absolute Gasteiger partial charge is 0.270 e. The molecular weight excluding hydrogens is 266 g/mol. The number of carbonyl (C=O) groups excluding carboxylic acids is 1. The van der Waals surface area contributed by atoms with Gasteiger partial charge in [-0.2, -0.15) is 0 Å². The number of ether oxygens (including phenoxy) is 1. The van der Waals surface area contributed by atoms with Gasteiger partial charge in [0.1, 0.15) is 5.69 Å². The van der Waals surface area contributed by atoms with Crippen LogP contribution in [0.15, 0.2) is 30.3 Å². The van der Waals surface area contributed by atoms with Gasteiger partial charge in [-0.25, -0.2) is 0 Å². The van der Waals surface area contributed by atoms with Crippen LogP contribution in [-0.2, 0) is 4.74 Å². The van der Waals surface area contributed by atoms with Crippen LogP contribution in [0.25, 0.3) is 10.9 Å². The Morgan fingerprint density at radius 1 is 1.48 bits per heavy atom. The van der Waals surface area contributed by atoms with Gasteiger partial charge in [0.2, 0.25) is 0 Å². The first-order valence-corrected chi connectivity index (χ1v) is 7.34. The van der Waals surface area contributed by atoms with Gasteiger partial charge in [0.05, 0.1) is 6.10 Å². The highest BCUT2D eigenvalue weighted by molar-refractivity contribution is 5.98. The molecule has 2 atom stereocenters. The zero-order valence-corrected chi connectivity index (χ0v) is 12.2. The van der Waals surface area contributed by atoms with Crippen LogP contribution in [0.4, 0.5) is 0 Å². The molecule has 0 aliphatic carbocycles. The highest BCUT2D eigenvalue weighted by atomic mass is 16.5. The average Bonchev–Trinajstić information content (AvgIpc) is 2.97. The number of nitrogens with zero attached hydrogens (tertiary/aromatic N) is 1. The second-order valence-corrected chi connectivity index (χ2v) is 5.54. The molecule has 0 saturated carbocycles. The van der Waals surface area contributed by atoms with E-state index in [1.807, 2.05) is 35.2 Å². The van der Waals surface area contributed by atoms with Gasteiger partial charge in [-0.15, -0.1) is 0 Å². The summed E-state index contributed by atoms with van der Waals surface area (Å²) in [5, 5.41) is 1.05. The number of H-pyrrole nitrogens is 1. The fourth-order valence-electron chi connectivity index (χ4n) is 3.06. The Morgan fingerprint density at radius 3 is 3.00 bits per heavy atom. The van der Waals surface area contributed by atoms with E-state index in [-0.39, 0.29) is 18.1 Å². The molecule has 1 saturated heterocycles. The maximum absolute atomic E-state index is 12.7. The van der Waals surface area contributed by atoms with Gasteiger partial charge in [-0.3, -0.25) is 4.79 Å². The van der Waals surface area contributed by atoms with E-state index in [2.05, 4.69) is 4.98 Å². The number of likely N-dealkylation sites (tertiary alicyclic amines) is 1. The number of nitrogens with two attached hydrogens (primary N) is 1. The van der Waals surface area contributed by atoms with Crippen LogP contribution in [0.5, 0.6) is 0 Å². The van der Waals surface area contributed by atoms with E-state index in [1.54, 1.807) is 7.11 Å². The minimum Gasteiger partial charge on any atom is -0.381 e. The van der Waals surface area contributed by atoms with E-state index >= 15 is 0 Å². The van der Waals surface area contributed by atoms with E-state index in [4.69, 9.17) is 10.5 Å². The highest BCUT2D eigenvalue weighted by Gasteiger charge is 2.31. The van der Waals surface area contributed by atoms with Gasteiger partial charge in [0.15, 0.2) is 0 Å². The molecule has 3 N–H and O–H groups in total. The van der Waals surface area contributed by atoms with E-state index in [0.717, 1.165) is 23.7 Å². The van der Waals surface area contributed by atoms with Crippen LogP contribution < -0.4 is 5.73 Å². The molecule has 2 heterocycles. The van der Waals surface area contributed by atoms with Gasteiger partial charge in [0, 0.05) is 37.1 Å². The van der Waals surface area contributed by atoms with Crippen molar-refractivity contribution in [2.24, 2.45) is 5.73 Å². The van der Waals surface area contributed by atoms with E-state index in [0.29, 0.717) is 18.8 Å². The van der Waals surface area contributed by atoms with Gasteiger partial charge in [-0.05, 0) is 25.0 Å². The SMILES string of the molecule is COC1CCN(C(=O)c2cc3ccccc3[nH]2)C(CN)C1. The number of carbonyl (C=O) groups is 1. The quantitative estimate of drug-likeness (QED) is 0.903. The van der Waals surface area contributed by atoms with Crippen molar-refractivity contribution in [3.63, 3.8) is 0 Å². The minimum atomic E-state index is 0.0243. The molecule has 112 valence electrons. The summed E-state index contributed by atoms with van der Waals surface area (Å²) in [6.45, 7) is 1.15. The first-order valence-electron chi connectivity index (χ1n) is 7.34. The predicted octanol–water partition coefficient (Wildman–Crippen LogP) is 1.75. The molecule has 21 heavy (non-hydrogen) atoms. The third kappa shape index (κ3) is 2.66. The number of rotatable bonds is 3. The molecule has 3 rings (SSSR count). The number of piperidine rings is 1. The lowest BCUT2D eigenvalue weighted by molar-refractivity contribution is 0.0136. The molecule has 1 aliphatic rings. The number of fused-ring (bicyclic) bond motifs is 1. The van der Waals surface area contributed by atoms with Crippen LogP contribution in [0.3, 0.4) is 0 Å². The molecule has 0 radical (unpaired) electrons. The van der Waals surface area contributed by atoms with Crippen molar-refractivity contribution in [3.05, 3.63) is 36.0 Å². The molecule has 5 nitrogen and oxygen atoms in total. The Labute approximate surface area is 124 Å². The van der Waals surface area contributed by atoms with Crippen LogP contribution >= 0.6 is 0 Å². The molecule has 1 aromatic carbocycles. The summed E-state index contributed by atoms with van der Waals surface area (Å²) in [7, 11) is 1.72. The third-order valence-electron chi connectivity index (χ3n) is 4.29. The molecule has 1 aromatic heterocycles. The van der Waals surface area contributed by atoms with E-state index < -0.39 is 0 Å². The Balaban J connectivity index is 1.83. The van der Waals surface area contributed by atoms with E-state index in [1.165, 1.54) is 0 Å². The molecular formula is C16H21N3O2. The summed E-state index contributed by atoms with van der Waals surface area (Å²) < 4.78 is 5.40. The summed E-state index contributed by atoms with van der Waals surface area (Å²) in [6, 6.07) is 9.86. The molecule has 1 amide bonds. The number of benzene rings is 1. The Bertz CT molecular complexity index is 604. The summed E-state index contributed by atoms with van der Waals surface area (Å²) in [5.74, 6) is 0.0243. The number of aromatic amines is 1. The monoisotopic (exact) mass is 287 g/mol. The average molecular weight is 287 g/mol. The number of aromatic nitrogens is 1. The van der Waals surface area contributed by atoms with Gasteiger partial charge in [0.25, 0.3) is 5.91 Å². The molecule has 0 spiro atoms. The van der Waals surface area contributed by atoms with Crippen molar-refractivity contribution < 1.29 is 9.53 Å². The largest absolute Gasteiger partial charge is 0.381 e. The lowest BCUT2D eigenvalue weighted by Gasteiger charge is -2.38. The molecule has 1 aliphatic heterocycles. The zero-order valence-electron chi connectivity index (χ0n) is 12.2. The summed E-state index contributed by atoms with van der Waals surface area (Å²) in [4.78, 5) is 17.8. The fourth-order valence-corrected chi connectivity index (χ4v) is 3.06. The Kier molecular flexibility index (Phi) is 3.94. The first-order chi connectivity index (χ1) is 10.2. The normalized spacial score (nSPS) is 22.7. The third-order valence-corrected chi connectivity index (χ3v) is 4.29. The van der Waals surface area contributed by atoms with Crippen LogP contribution in [-0.4, -0.2) is 48.1 Å². The maximum atomic E-state index is 12.7. The summed E-state index contributed by atoms with van der Waals surface area (Å²) in [5.41, 5.74) is 7.46. The lowest BCUT2D eigenvalue weighted by Crippen LogP contribution is -2.51. The summed E-state index contributed by atoms with van der Waals surface area (Å²) >= 11 is 0. The van der Waals surface area contributed by atoms with Crippen molar-refractivity contribution in [1.82, 2.24) is 9.88 Å². The number of nitrogens with one attached hydrogen (secondary N) is 1. The topological polar surface area (TPSA) is 71.3 Å². The second-order valence-electron chi connectivity index (χ2n) is 5.54. The fraction of sp³-hybridized carbons (Fsp3) is 0.438. The lowest BCUT2D eigenvalue weighted by atomic mass is 9.99. The van der Waals surface area contributed by atoms with Crippen molar-refractivity contribution >= 4 is 16.8 Å². The molecule has 1 fully saturated rings. The van der Waals surface area contributed by atoms with Gasteiger partial charge in [-0.1, -0.05) is 18.2 Å². The van der Waals surface area contributed by atoms with Crippen molar-refractivity contribution in [1.29, 1.82) is 0 Å². The van der Waals surface area contributed by atoms with Crippen LogP contribution in [0.2, 0.25) is 0 Å². The minimum absolute atomic E-state index is 0.0243.